The van der Waals surface area contributed by atoms with Gasteiger partial charge in [-0.05, 0) is 33.6 Å². The first-order chi connectivity index (χ1) is 9.08. The third-order valence-electron chi connectivity index (χ3n) is 2.53. The molecule has 0 aromatic heterocycles. The summed E-state index contributed by atoms with van der Waals surface area (Å²) in [5, 5.41) is 9.57. The molecule has 0 bridgehead atoms. The van der Waals surface area contributed by atoms with Crippen molar-refractivity contribution in [2.24, 2.45) is 0 Å². The number of carbonyl (C=O) groups excluding carboxylic acids is 1. The molecule has 0 spiro atoms. The molecule has 96 valence electrons. The average molecular weight is 321 g/mol. The van der Waals surface area contributed by atoms with Crippen LogP contribution in [0.5, 0.6) is 5.75 Å². The Kier molecular flexibility index (Phi) is 4.12. The van der Waals surface area contributed by atoms with Crippen LogP contribution in [-0.2, 0) is 0 Å². The molecular formula is C15H10BrFO2. The minimum atomic E-state index is -0.610. The molecule has 0 saturated carbocycles. The van der Waals surface area contributed by atoms with E-state index >= 15 is 0 Å². The molecule has 0 fully saturated rings. The van der Waals surface area contributed by atoms with Crippen molar-refractivity contribution in [3.63, 3.8) is 0 Å². The van der Waals surface area contributed by atoms with Gasteiger partial charge in [0.1, 0.15) is 11.6 Å². The molecule has 19 heavy (non-hydrogen) atoms. The number of carbonyl (C=O) groups is 1. The van der Waals surface area contributed by atoms with Crippen molar-refractivity contribution >= 4 is 27.8 Å². The summed E-state index contributed by atoms with van der Waals surface area (Å²) in [5.74, 6) is -1.37. The van der Waals surface area contributed by atoms with Crippen LogP contribution < -0.4 is 0 Å². The second kappa shape index (κ2) is 5.80. The number of phenolic OH excluding ortho intramolecular Hbond substituents is 1. The Morgan fingerprint density at radius 1 is 1.21 bits per heavy atom. The van der Waals surface area contributed by atoms with Crippen LogP contribution in [0.15, 0.2) is 53.0 Å². The van der Waals surface area contributed by atoms with Gasteiger partial charge in [0.15, 0.2) is 5.78 Å². The zero-order valence-corrected chi connectivity index (χ0v) is 11.4. The van der Waals surface area contributed by atoms with Gasteiger partial charge in [-0.15, -0.1) is 0 Å². The highest BCUT2D eigenvalue weighted by atomic mass is 79.9. The lowest BCUT2D eigenvalue weighted by atomic mass is 10.1. The van der Waals surface area contributed by atoms with Crippen molar-refractivity contribution in [2.75, 3.05) is 0 Å². The van der Waals surface area contributed by atoms with Gasteiger partial charge in [0.25, 0.3) is 0 Å². The van der Waals surface area contributed by atoms with Gasteiger partial charge in [-0.25, -0.2) is 4.39 Å². The lowest BCUT2D eigenvalue weighted by Crippen LogP contribution is -1.96. The van der Waals surface area contributed by atoms with Gasteiger partial charge in [0.05, 0.1) is 10.0 Å². The van der Waals surface area contributed by atoms with E-state index in [-0.39, 0.29) is 21.6 Å². The maximum Gasteiger partial charge on any atom is 0.189 e. The largest absolute Gasteiger partial charge is 0.507 e. The Morgan fingerprint density at radius 3 is 2.58 bits per heavy atom. The Bertz CT molecular complexity index is 636. The number of hydrogen-bond donors (Lipinski definition) is 1. The van der Waals surface area contributed by atoms with E-state index in [1.54, 1.807) is 6.08 Å². The lowest BCUT2D eigenvalue weighted by Gasteiger charge is -2.02. The SMILES string of the molecule is O=C(/C=C/c1ccccc1)c1cc(Br)c(F)cc1O. The number of benzene rings is 2. The Balaban J connectivity index is 2.26. The first kappa shape index (κ1) is 13.5. The van der Waals surface area contributed by atoms with Crippen molar-refractivity contribution in [2.45, 2.75) is 0 Å². The topological polar surface area (TPSA) is 37.3 Å². The zero-order valence-electron chi connectivity index (χ0n) is 9.81. The normalized spacial score (nSPS) is 10.8. The van der Waals surface area contributed by atoms with E-state index in [1.165, 1.54) is 12.1 Å². The van der Waals surface area contributed by atoms with Gasteiger partial charge in [-0.2, -0.15) is 0 Å². The molecule has 0 amide bonds. The van der Waals surface area contributed by atoms with E-state index < -0.39 is 5.82 Å². The van der Waals surface area contributed by atoms with Gasteiger partial charge in [-0.1, -0.05) is 36.4 Å². The minimum absolute atomic E-state index is 0.0560. The van der Waals surface area contributed by atoms with Crippen molar-refractivity contribution in [1.82, 2.24) is 0 Å². The summed E-state index contributed by atoms with van der Waals surface area (Å²) < 4.78 is 13.3. The van der Waals surface area contributed by atoms with Gasteiger partial charge >= 0.3 is 0 Å². The third-order valence-corrected chi connectivity index (χ3v) is 3.14. The van der Waals surface area contributed by atoms with E-state index in [4.69, 9.17) is 0 Å². The summed E-state index contributed by atoms with van der Waals surface area (Å²) in [6, 6.07) is 11.5. The third kappa shape index (κ3) is 3.29. The van der Waals surface area contributed by atoms with Gasteiger partial charge in [-0.3, -0.25) is 4.79 Å². The van der Waals surface area contributed by atoms with Crippen molar-refractivity contribution < 1.29 is 14.3 Å². The molecule has 0 aliphatic heterocycles. The summed E-state index contributed by atoms with van der Waals surface area (Å²) in [6.45, 7) is 0. The van der Waals surface area contributed by atoms with Crippen molar-refractivity contribution in [3.8, 4) is 5.75 Å². The number of halogens is 2. The monoisotopic (exact) mass is 320 g/mol. The van der Waals surface area contributed by atoms with E-state index in [0.29, 0.717) is 0 Å². The van der Waals surface area contributed by atoms with Crippen molar-refractivity contribution in [3.05, 3.63) is 70.0 Å². The van der Waals surface area contributed by atoms with Gasteiger partial charge in [0.2, 0.25) is 0 Å². The molecule has 2 rings (SSSR count). The highest BCUT2D eigenvalue weighted by Gasteiger charge is 2.12. The molecule has 0 saturated heterocycles. The van der Waals surface area contributed by atoms with Crippen LogP contribution in [0, 0.1) is 5.82 Å². The standard InChI is InChI=1S/C15H10BrFO2/c16-12-8-11(15(19)9-13(12)17)14(18)7-6-10-4-2-1-3-5-10/h1-9,19H/b7-6+. The second-order valence-corrected chi connectivity index (χ2v) is 4.75. The molecule has 0 aliphatic rings. The van der Waals surface area contributed by atoms with Gasteiger partial charge in [0, 0.05) is 6.07 Å². The van der Waals surface area contributed by atoms with Crippen LogP contribution in [0.25, 0.3) is 6.08 Å². The van der Waals surface area contributed by atoms with Gasteiger partial charge < -0.3 is 5.11 Å². The summed E-state index contributed by atoms with van der Waals surface area (Å²) >= 11 is 2.98. The molecule has 2 nitrogen and oxygen atoms in total. The van der Waals surface area contributed by atoms with Crippen LogP contribution in [0.1, 0.15) is 15.9 Å². The highest BCUT2D eigenvalue weighted by Crippen LogP contribution is 2.26. The highest BCUT2D eigenvalue weighted by molar-refractivity contribution is 9.10. The number of hydrogen-bond acceptors (Lipinski definition) is 2. The number of allylic oxidation sites excluding steroid dienone is 1. The molecule has 0 atom stereocenters. The quantitative estimate of drug-likeness (QED) is 0.680. The average Bonchev–Trinajstić information content (AvgIpc) is 2.41. The number of ketones is 1. The van der Waals surface area contributed by atoms with E-state index in [0.717, 1.165) is 11.6 Å². The van der Waals surface area contributed by atoms with Crippen molar-refractivity contribution in [1.29, 1.82) is 0 Å². The summed E-state index contributed by atoms with van der Waals surface area (Å²) in [5.41, 5.74) is 0.928. The molecule has 1 N–H and O–H groups in total. The van der Waals surface area contributed by atoms with Crippen LogP contribution in [0.3, 0.4) is 0 Å². The maximum absolute atomic E-state index is 13.1. The number of aromatic hydroxyl groups is 1. The molecule has 2 aromatic rings. The van der Waals surface area contributed by atoms with Crippen LogP contribution in [0.4, 0.5) is 4.39 Å². The molecule has 0 aliphatic carbocycles. The molecule has 0 heterocycles. The molecule has 0 unspecified atom stereocenters. The Morgan fingerprint density at radius 2 is 1.89 bits per heavy atom. The predicted octanol–water partition coefficient (Wildman–Crippen LogP) is 4.19. The fraction of sp³-hybridized carbons (Fsp3) is 0. The minimum Gasteiger partial charge on any atom is -0.507 e. The second-order valence-electron chi connectivity index (χ2n) is 3.89. The van der Waals surface area contributed by atoms with E-state index in [1.807, 2.05) is 30.3 Å². The summed E-state index contributed by atoms with van der Waals surface area (Å²) in [7, 11) is 0. The van der Waals surface area contributed by atoms with Crippen LogP contribution in [0.2, 0.25) is 0 Å². The molecule has 4 heteroatoms. The fourth-order valence-corrected chi connectivity index (χ4v) is 1.90. The number of rotatable bonds is 3. The Labute approximate surface area is 118 Å². The summed E-state index contributed by atoms with van der Waals surface area (Å²) in [4.78, 5) is 11.9. The number of phenols is 1. The fourth-order valence-electron chi connectivity index (χ4n) is 1.56. The molecule has 2 aromatic carbocycles. The lowest BCUT2D eigenvalue weighted by molar-refractivity contribution is 0.104. The first-order valence-electron chi connectivity index (χ1n) is 5.53. The van der Waals surface area contributed by atoms with Crippen LogP contribution in [-0.4, -0.2) is 10.9 Å². The zero-order chi connectivity index (χ0) is 13.8. The predicted molar refractivity (Wildman–Crippen MR) is 75.6 cm³/mol. The first-order valence-corrected chi connectivity index (χ1v) is 6.32. The van der Waals surface area contributed by atoms with E-state index in [2.05, 4.69) is 15.9 Å². The molecule has 0 radical (unpaired) electrons. The Hall–Kier alpha value is -1.94. The molecular weight excluding hydrogens is 311 g/mol. The smallest absolute Gasteiger partial charge is 0.189 e. The van der Waals surface area contributed by atoms with E-state index in [9.17, 15) is 14.3 Å². The summed E-state index contributed by atoms with van der Waals surface area (Å²) in [6.07, 6.45) is 2.98. The van der Waals surface area contributed by atoms with Crippen LogP contribution >= 0.6 is 15.9 Å². The maximum atomic E-state index is 13.1.